The summed E-state index contributed by atoms with van der Waals surface area (Å²) in [6, 6.07) is 9.41. The van der Waals surface area contributed by atoms with Crippen molar-refractivity contribution in [2.45, 2.75) is 0 Å². The molecule has 0 saturated heterocycles. The van der Waals surface area contributed by atoms with E-state index in [1.807, 2.05) is 0 Å². The van der Waals surface area contributed by atoms with Gasteiger partial charge in [-0.05, 0) is 36.4 Å². The van der Waals surface area contributed by atoms with Crippen LogP contribution in [0.15, 0.2) is 46.9 Å². The third-order valence-corrected chi connectivity index (χ3v) is 3.74. The highest BCUT2D eigenvalue weighted by Gasteiger charge is 2.06. The fourth-order valence-corrected chi connectivity index (χ4v) is 2.45. The molecule has 108 valence electrons. The molecule has 6 heteroatoms. The average molecular weight is 389 g/mol. The number of benzene rings is 2. The molecule has 0 aliphatic rings. The molecule has 0 bridgehead atoms. The van der Waals surface area contributed by atoms with Gasteiger partial charge >= 0.3 is 0 Å². The number of amides is 1. The van der Waals surface area contributed by atoms with Crippen LogP contribution in [0.4, 0.5) is 10.1 Å². The van der Waals surface area contributed by atoms with E-state index < -0.39 is 11.7 Å². The summed E-state index contributed by atoms with van der Waals surface area (Å²) in [5.74, 6) is -1.01. The summed E-state index contributed by atoms with van der Waals surface area (Å²) >= 11 is 15.1. The molecule has 0 aliphatic carbocycles. The molecule has 0 atom stereocenters. The SMILES string of the molecule is O=C(C=Cc1c(Cl)cccc1Cl)Nc1ccc(Br)cc1F. The number of nitrogens with one attached hydrogen (secondary N) is 1. The second-order valence-electron chi connectivity index (χ2n) is 4.08. The van der Waals surface area contributed by atoms with Crippen LogP contribution in [0.25, 0.3) is 6.08 Å². The summed E-state index contributed by atoms with van der Waals surface area (Å²) in [5, 5.41) is 3.30. The van der Waals surface area contributed by atoms with Gasteiger partial charge < -0.3 is 5.32 Å². The standard InChI is InChI=1S/C15H9BrCl2FNO/c16-9-4-6-14(13(19)8-9)20-15(21)7-5-10-11(17)2-1-3-12(10)18/h1-8H,(H,20,21). The van der Waals surface area contributed by atoms with Gasteiger partial charge in [-0.1, -0.05) is 45.2 Å². The van der Waals surface area contributed by atoms with Crippen LogP contribution in [0.2, 0.25) is 10.0 Å². The molecule has 2 nitrogen and oxygen atoms in total. The van der Waals surface area contributed by atoms with E-state index in [0.717, 1.165) is 0 Å². The van der Waals surface area contributed by atoms with Crippen LogP contribution >= 0.6 is 39.1 Å². The van der Waals surface area contributed by atoms with E-state index in [1.54, 1.807) is 24.3 Å². The van der Waals surface area contributed by atoms with Gasteiger partial charge in [0.15, 0.2) is 0 Å². The summed E-state index contributed by atoms with van der Waals surface area (Å²) in [5.41, 5.74) is 0.630. The van der Waals surface area contributed by atoms with Gasteiger partial charge in [-0.2, -0.15) is 0 Å². The zero-order valence-corrected chi connectivity index (χ0v) is 13.6. The van der Waals surface area contributed by atoms with Gasteiger partial charge in [0.25, 0.3) is 0 Å². The largest absolute Gasteiger partial charge is 0.320 e. The molecule has 1 amide bonds. The third kappa shape index (κ3) is 4.30. The number of carbonyl (C=O) groups is 1. The van der Waals surface area contributed by atoms with Gasteiger partial charge in [0.05, 0.1) is 5.69 Å². The maximum absolute atomic E-state index is 13.6. The minimum atomic E-state index is -0.526. The van der Waals surface area contributed by atoms with Crippen molar-refractivity contribution in [2.24, 2.45) is 0 Å². The van der Waals surface area contributed by atoms with Crippen LogP contribution in [0, 0.1) is 5.82 Å². The second-order valence-corrected chi connectivity index (χ2v) is 5.81. The Hall–Kier alpha value is -1.36. The van der Waals surface area contributed by atoms with Crippen LogP contribution in [0.1, 0.15) is 5.56 Å². The van der Waals surface area contributed by atoms with E-state index in [9.17, 15) is 9.18 Å². The lowest BCUT2D eigenvalue weighted by Gasteiger charge is -2.04. The van der Waals surface area contributed by atoms with Crippen molar-refractivity contribution in [3.05, 3.63) is 68.4 Å². The lowest BCUT2D eigenvalue weighted by molar-refractivity contribution is -0.111. The number of hydrogen-bond donors (Lipinski definition) is 1. The highest BCUT2D eigenvalue weighted by Crippen LogP contribution is 2.25. The first kappa shape index (κ1) is 16.0. The molecule has 0 aliphatic heterocycles. The van der Waals surface area contributed by atoms with Crippen LogP contribution in [-0.4, -0.2) is 5.91 Å². The molecule has 2 aromatic rings. The zero-order valence-electron chi connectivity index (χ0n) is 10.5. The molecule has 2 rings (SSSR count). The summed E-state index contributed by atoms with van der Waals surface area (Å²) < 4.78 is 14.2. The zero-order chi connectivity index (χ0) is 15.4. The van der Waals surface area contributed by atoms with Gasteiger partial charge in [-0.15, -0.1) is 0 Å². The van der Waals surface area contributed by atoms with Crippen molar-refractivity contribution < 1.29 is 9.18 Å². The Morgan fingerprint density at radius 1 is 1.19 bits per heavy atom. The summed E-state index contributed by atoms with van der Waals surface area (Å²) in [4.78, 5) is 11.8. The van der Waals surface area contributed by atoms with Gasteiger partial charge in [0.2, 0.25) is 5.91 Å². The first-order chi connectivity index (χ1) is 9.97. The van der Waals surface area contributed by atoms with E-state index in [0.29, 0.717) is 20.1 Å². The molecule has 0 spiro atoms. The number of halogens is 4. The Balaban J connectivity index is 2.13. The molecule has 21 heavy (non-hydrogen) atoms. The topological polar surface area (TPSA) is 29.1 Å². The van der Waals surface area contributed by atoms with E-state index in [1.165, 1.54) is 24.3 Å². The Bertz CT molecular complexity index is 699. The fourth-order valence-electron chi connectivity index (χ4n) is 1.59. The summed E-state index contributed by atoms with van der Waals surface area (Å²) in [7, 11) is 0. The van der Waals surface area contributed by atoms with E-state index in [2.05, 4.69) is 21.2 Å². The fraction of sp³-hybridized carbons (Fsp3) is 0. The van der Waals surface area contributed by atoms with E-state index >= 15 is 0 Å². The number of hydrogen-bond acceptors (Lipinski definition) is 1. The number of anilines is 1. The van der Waals surface area contributed by atoms with Crippen LogP contribution in [0.3, 0.4) is 0 Å². The van der Waals surface area contributed by atoms with Crippen molar-refractivity contribution >= 4 is 56.8 Å². The second kappa shape index (κ2) is 7.07. The first-order valence-electron chi connectivity index (χ1n) is 5.85. The highest BCUT2D eigenvalue weighted by atomic mass is 79.9. The lowest BCUT2D eigenvalue weighted by atomic mass is 10.2. The Morgan fingerprint density at radius 2 is 1.86 bits per heavy atom. The lowest BCUT2D eigenvalue weighted by Crippen LogP contribution is -2.09. The van der Waals surface area contributed by atoms with Crippen molar-refractivity contribution in [2.75, 3.05) is 5.32 Å². The smallest absolute Gasteiger partial charge is 0.248 e. The molecular formula is C15H9BrCl2FNO. The predicted molar refractivity (Wildman–Crippen MR) is 88.2 cm³/mol. The third-order valence-electron chi connectivity index (χ3n) is 2.59. The van der Waals surface area contributed by atoms with Crippen LogP contribution < -0.4 is 5.32 Å². The molecule has 0 radical (unpaired) electrons. The molecule has 0 unspecified atom stereocenters. The average Bonchev–Trinajstić information content (AvgIpc) is 2.41. The Morgan fingerprint density at radius 3 is 2.48 bits per heavy atom. The first-order valence-corrected chi connectivity index (χ1v) is 7.40. The number of carbonyl (C=O) groups excluding carboxylic acids is 1. The summed E-state index contributed by atoms with van der Waals surface area (Å²) in [6.07, 6.45) is 2.73. The van der Waals surface area contributed by atoms with Gasteiger partial charge in [0, 0.05) is 26.2 Å². The number of rotatable bonds is 3. The van der Waals surface area contributed by atoms with Gasteiger partial charge in [-0.3, -0.25) is 4.79 Å². The van der Waals surface area contributed by atoms with Gasteiger partial charge in [-0.25, -0.2) is 4.39 Å². The summed E-state index contributed by atoms with van der Waals surface area (Å²) in [6.45, 7) is 0. The van der Waals surface area contributed by atoms with Crippen molar-refractivity contribution in [1.29, 1.82) is 0 Å². The van der Waals surface area contributed by atoms with Crippen molar-refractivity contribution in [3.8, 4) is 0 Å². The monoisotopic (exact) mass is 387 g/mol. The Kier molecular flexibility index (Phi) is 5.39. The highest BCUT2D eigenvalue weighted by molar-refractivity contribution is 9.10. The molecule has 0 heterocycles. The molecule has 0 saturated carbocycles. The maximum Gasteiger partial charge on any atom is 0.248 e. The minimum absolute atomic E-state index is 0.0955. The van der Waals surface area contributed by atoms with E-state index in [4.69, 9.17) is 23.2 Å². The van der Waals surface area contributed by atoms with Crippen LogP contribution in [-0.2, 0) is 4.79 Å². The molecule has 0 aromatic heterocycles. The van der Waals surface area contributed by atoms with Crippen LogP contribution in [0.5, 0.6) is 0 Å². The van der Waals surface area contributed by atoms with Crippen molar-refractivity contribution in [1.82, 2.24) is 0 Å². The maximum atomic E-state index is 13.6. The van der Waals surface area contributed by atoms with E-state index in [-0.39, 0.29) is 5.69 Å². The molecular weight excluding hydrogens is 380 g/mol. The van der Waals surface area contributed by atoms with Gasteiger partial charge in [0.1, 0.15) is 5.82 Å². The van der Waals surface area contributed by atoms with Crippen molar-refractivity contribution in [3.63, 3.8) is 0 Å². The molecule has 2 aromatic carbocycles. The normalized spacial score (nSPS) is 10.9. The minimum Gasteiger partial charge on any atom is -0.320 e. The predicted octanol–water partition coefficient (Wildman–Crippen LogP) is 5.55. The molecule has 1 N–H and O–H groups in total. The quantitative estimate of drug-likeness (QED) is 0.686. The Labute approximate surface area is 139 Å². The molecule has 0 fully saturated rings.